The van der Waals surface area contributed by atoms with Crippen LogP contribution in [0.5, 0.6) is 0 Å². The minimum atomic E-state index is -0.0924. The highest BCUT2D eigenvalue weighted by atomic mass is 32.1. The van der Waals surface area contributed by atoms with E-state index in [0.29, 0.717) is 12.0 Å². The van der Waals surface area contributed by atoms with E-state index in [1.54, 1.807) is 18.4 Å². The third-order valence-corrected chi connectivity index (χ3v) is 4.59. The Morgan fingerprint density at radius 3 is 2.79 bits per heavy atom. The van der Waals surface area contributed by atoms with Crippen LogP contribution >= 0.6 is 11.3 Å². The topological polar surface area (TPSA) is 58.2 Å². The van der Waals surface area contributed by atoms with Gasteiger partial charge < -0.3 is 10.6 Å². The van der Waals surface area contributed by atoms with Gasteiger partial charge >= 0.3 is 0 Å². The first-order valence-corrected chi connectivity index (χ1v) is 7.65. The molecule has 1 aliphatic carbocycles. The van der Waals surface area contributed by atoms with E-state index in [1.165, 1.54) is 4.88 Å². The van der Waals surface area contributed by atoms with E-state index in [0.717, 1.165) is 42.7 Å². The number of nitrogens with one attached hydrogen (secondary N) is 2. The summed E-state index contributed by atoms with van der Waals surface area (Å²) < 4.78 is 0. The Labute approximate surface area is 117 Å². The van der Waals surface area contributed by atoms with Crippen molar-refractivity contribution in [1.82, 2.24) is 5.32 Å². The number of hydrogen-bond acceptors (Lipinski definition) is 3. The lowest BCUT2D eigenvalue weighted by molar-refractivity contribution is -0.116. The molecule has 1 aromatic heterocycles. The van der Waals surface area contributed by atoms with Gasteiger partial charge in [-0.05, 0) is 31.2 Å². The smallest absolute Gasteiger partial charge is 0.254 e. The molecule has 19 heavy (non-hydrogen) atoms. The van der Waals surface area contributed by atoms with E-state index in [9.17, 15) is 9.59 Å². The van der Waals surface area contributed by atoms with Crippen molar-refractivity contribution in [3.63, 3.8) is 0 Å². The van der Waals surface area contributed by atoms with Crippen LogP contribution in [0.4, 0.5) is 5.00 Å². The SMILES string of the molecule is CCCCC(=O)Nc1sc2c(c1C(=O)NC)CCC2. The van der Waals surface area contributed by atoms with E-state index >= 15 is 0 Å². The predicted octanol–water partition coefficient (Wildman–Crippen LogP) is 2.73. The van der Waals surface area contributed by atoms with Crippen molar-refractivity contribution in [3.8, 4) is 0 Å². The van der Waals surface area contributed by atoms with Gasteiger partial charge in [-0.25, -0.2) is 0 Å². The van der Waals surface area contributed by atoms with Crippen molar-refractivity contribution in [3.05, 3.63) is 16.0 Å². The molecule has 1 heterocycles. The second kappa shape index (κ2) is 6.19. The minimum absolute atomic E-state index is 0.00641. The van der Waals surface area contributed by atoms with Gasteiger partial charge in [0.05, 0.1) is 5.56 Å². The van der Waals surface area contributed by atoms with Crippen molar-refractivity contribution in [1.29, 1.82) is 0 Å². The Hall–Kier alpha value is -1.36. The van der Waals surface area contributed by atoms with Crippen LogP contribution in [0.1, 0.15) is 53.4 Å². The highest BCUT2D eigenvalue weighted by molar-refractivity contribution is 7.17. The molecule has 2 amide bonds. The first-order valence-electron chi connectivity index (χ1n) is 6.83. The van der Waals surface area contributed by atoms with Gasteiger partial charge in [-0.1, -0.05) is 13.3 Å². The Morgan fingerprint density at radius 1 is 1.32 bits per heavy atom. The Bertz CT molecular complexity index is 494. The van der Waals surface area contributed by atoms with Gasteiger partial charge in [-0.2, -0.15) is 0 Å². The summed E-state index contributed by atoms with van der Waals surface area (Å²) in [6, 6.07) is 0. The number of unbranched alkanes of at least 4 members (excludes halogenated alkanes) is 1. The van der Waals surface area contributed by atoms with Crippen LogP contribution in [0, 0.1) is 0 Å². The van der Waals surface area contributed by atoms with E-state index in [2.05, 4.69) is 17.6 Å². The number of anilines is 1. The van der Waals surface area contributed by atoms with Crippen molar-refractivity contribution in [2.45, 2.75) is 45.4 Å². The molecular formula is C14H20N2O2S. The maximum absolute atomic E-state index is 12.0. The summed E-state index contributed by atoms with van der Waals surface area (Å²) in [7, 11) is 1.63. The van der Waals surface area contributed by atoms with Gasteiger partial charge in [-0.3, -0.25) is 9.59 Å². The molecule has 0 saturated heterocycles. The summed E-state index contributed by atoms with van der Waals surface area (Å²) in [4.78, 5) is 25.1. The van der Waals surface area contributed by atoms with Crippen LogP contribution in [-0.4, -0.2) is 18.9 Å². The highest BCUT2D eigenvalue weighted by Gasteiger charge is 2.26. The zero-order valence-electron chi connectivity index (χ0n) is 11.5. The molecule has 2 rings (SSSR count). The standard InChI is InChI=1S/C14H20N2O2S/c1-3-4-8-11(17)16-14-12(13(18)15-2)9-6-5-7-10(9)19-14/h3-8H2,1-2H3,(H,15,18)(H,16,17). The van der Waals surface area contributed by atoms with Gasteiger partial charge in [0.15, 0.2) is 0 Å². The molecule has 0 bridgehead atoms. The second-order valence-corrected chi connectivity index (χ2v) is 5.90. The first-order chi connectivity index (χ1) is 9.17. The third-order valence-electron chi connectivity index (χ3n) is 3.39. The van der Waals surface area contributed by atoms with Crippen LogP contribution < -0.4 is 10.6 Å². The number of carbonyl (C=O) groups is 2. The molecule has 0 unspecified atom stereocenters. The number of fused-ring (bicyclic) bond motifs is 1. The molecule has 104 valence electrons. The number of rotatable bonds is 5. The highest BCUT2D eigenvalue weighted by Crippen LogP contribution is 2.39. The Morgan fingerprint density at radius 2 is 2.11 bits per heavy atom. The number of thiophene rings is 1. The van der Waals surface area contributed by atoms with Gasteiger partial charge in [-0.15, -0.1) is 11.3 Å². The fraction of sp³-hybridized carbons (Fsp3) is 0.571. The summed E-state index contributed by atoms with van der Waals surface area (Å²) in [6.07, 6.45) is 5.47. The van der Waals surface area contributed by atoms with Crippen LogP contribution in [-0.2, 0) is 17.6 Å². The zero-order chi connectivity index (χ0) is 13.8. The van der Waals surface area contributed by atoms with E-state index in [-0.39, 0.29) is 11.8 Å². The molecule has 0 aliphatic heterocycles. The molecule has 0 radical (unpaired) electrons. The van der Waals surface area contributed by atoms with Crippen molar-refractivity contribution in [2.24, 2.45) is 0 Å². The first kappa shape index (κ1) is 14.1. The molecule has 0 aromatic carbocycles. The van der Waals surface area contributed by atoms with Crippen LogP contribution in [0.25, 0.3) is 0 Å². The maximum Gasteiger partial charge on any atom is 0.254 e. The summed E-state index contributed by atoms with van der Waals surface area (Å²) in [6.45, 7) is 2.06. The Balaban J connectivity index is 2.20. The monoisotopic (exact) mass is 280 g/mol. The lowest BCUT2D eigenvalue weighted by Gasteiger charge is -2.07. The van der Waals surface area contributed by atoms with Crippen molar-refractivity contribution >= 4 is 28.2 Å². The van der Waals surface area contributed by atoms with E-state index in [4.69, 9.17) is 0 Å². The van der Waals surface area contributed by atoms with Crippen LogP contribution in [0.2, 0.25) is 0 Å². The Kier molecular flexibility index (Phi) is 4.58. The van der Waals surface area contributed by atoms with Gasteiger partial charge in [0.1, 0.15) is 5.00 Å². The summed E-state index contributed by atoms with van der Waals surface area (Å²) in [5, 5.41) is 6.31. The molecule has 1 aromatic rings. The van der Waals surface area contributed by atoms with E-state index in [1.807, 2.05) is 0 Å². The molecular weight excluding hydrogens is 260 g/mol. The zero-order valence-corrected chi connectivity index (χ0v) is 12.3. The summed E-state index contributed by atoms with van der Waals surface area (Å²) >= 11 is 1.56. The minimum Gasteiger partial charge on any atom is -0.355 e. The van der Waals surface area contributed by atoms with Gasteiger partial charge in [0.2, 0.25) is 5.91 Å². The molecule has 0 spiro atoms. The third kappa shape index (κ3) is 2.97. The molecule has 2 N–H and O–H groups in total. The maximum atomic E-state index is 12.0. The van der Waals surface area contributed by atoms with Crippen molar-refractivity contribution in [2.75, 3.05) is 12.4 Å². The van der Waals surface area contributed by atoms with Gasteiger partial charge in [0, 0.05) is 18.3 Å². The molecule has 5 heteroatoms. The largest absolute Gasteiger partial charge is 0.355 e. The van der Waals surface area contributed by atoms with Crippen LogP contribution in [0.3, 0.4) is 0 Å². The van der Waals surface area contributed by atoms with E-state index < -0.39 is 0 Å². The van der Waals surface area contributed by atoms with Crippen LogP contribution in [0.15, 0.2) is 0 Å². The molecule has 1 aliphatic rings. The average Bonchev–Trinajstić information content (AvgIpc) is 2.95. The molecule has 0 atom stereocenters. The lowest BCUT2D eigenvalue weighted by atomic mass is 10.1. The average molecular weight is 280 g/mol. The van der Waals surface area contributed by atoms with Crippen molar-refractivity contribution < 1.29 is 9.59 Å². The second-order valence-electron chi connectivity index (χ2n) is 4.79. The fourth-order valence-electron chi connectivity index (χ4n) is 2.38. The summed E-state index contributed by atoms with van der Waals surface area (Å²) in [5.41, 5.74) is 1.82. The summed E-state index contributed by atoms with van der Waals surface area (Å²) in [5.74, 6) is -0.0860. The molecule has 4 nitrogen and oxygen atoms in total. The number of aryl methyl sites for hydroxylation is 1. The molecule has 0 saturated carbocycles. The number of amides is 2. The lowest BCUT2D eigenvalue weighted by Crippen LogP contribution is -2.21. The quantitative estimate of drug-likeness (QED) is 0.871. The predicted molar refractivity (Wildman–Crippen MR) is 77.9 cm³/mol. The number of hydrogen-bond donors (Lipinski definition) is 2. The van der Waals surface area contributed by atoms with Gasteiger partial charge in [0.25, 0.3) is 5.91 Å². The fourth-order valence-corrected chi connectivity index (χ4v) is 3.69. The molecule has 0 fully saturated rings. The normalized spacial score (nSPS) is 13.2. The number of carbonyl (C=O) groups excluding carboxylic acids is 2.